The lowest BCUT2D eigenvalue weighted by Crippen LogP contribution is -2.47. The maximum absolute atomic E-state index is 6.37. The second-order valence-electron chi connectivity index (χ2n) is 6.16. The number of hydrogen-bond donors (Lipinski definition) is 1. The van der Waals surface area contributed by atoms with E-state index in [0.717, 1.165) is 31.4 Å². The van der Waals surface area contributed by atoms with Crippen molar-refractivity contribution in [1.82, 2.24) is 0 Å². The fourth-order valence-corrected chi connectivity index (χ4v) is 8.46. The van der Waals surface area contributed by atoms with Gasteiger partial charge in [-0.2, -0.15) is 0 Å². The van der Waals surface area contributed by atoms with Crippen LogP contribution < -0.4 is 5.73 Å². The second-order valence-corrected chi connectivity index (χ2v) is 11.6. The minimum Gasteiger partial charge on any atom is -0.374 e. The van der Waals surface area contributed by atoms with Crippen LogP contribution >= 0.6 is 0 Å². The molecule has 0 aliphatic carbocycles. The molecule has 0 saturated carbocycles. The van der Waals surface area contributed by atoms with Crippen molar-refractivity contribution in [2.45, 2.75) is 78.9 Å². The van der Waals surface area contributed by atoms with E-state index in [1.165, 1.54) is 0 Å². The molecule has 0 amide bonds. The molecule has 0 saturated heterocycles. The van der Waals surface area contributed by atoms with Crippen LogP contribution in [0.3, 0.4) is 0 Å². The zero-order valence-electron chi connectivity index (χ0n) is 18.4. The quantitative estimate of drug-likeness (QED) is 0.317. The van der Waals surface area contributed by atoms with Gasteiger partial charge in [-0.15, -0.1) is 0 Å². The van der Waals surface area contributed by atoms with E-state index in [1.807, 2.05) is 41.5 Å². The van der Waals surface area contributed by atoms with Crippen LogP contribution in [0.2, 0.25) is 12.1 Å². The monoisotopic (exact) mass is 425 g/mol. The van der Waals surface area contributed by atoms with Crippen LogP contribution in [0.25, 0.3) is 0 Å². The highest BCUT2D eigenvalue weighted by Crippen LogP contribution is 2.23. The van der Waals surface area contributed by atoms with Gasteiger partial charge >= 0.3 is 17.6 Å². The Morgan fingerprint density at radius 1 is 0.556 bits per heavy atom. The largest absolute Gasteiger partial charge is 0.500 e. The van der Waals surface area contributed by atoms with Crippen molar-refractivity contribution in [2.75, 3.05) is 39.6 Å². The van der Waals surface area contributed by atoms with Crippen molar-refractivity contribution in [1.29, 1.82) is 0 Å². The minimum atomic E-state index is -2.62. The second kappa shape index (κ2) is 16.0. The van der Waals surface area contributed by atoms with E-state index >= 15 is 0 Å². The molecule has 9 heteroatoms. The van der Waals surface area contributed by atoms with Gasteiger partial charge in [0.05, 0.1) is 0 Å². The van der Waals surface area contributed by atoms with Crippen molar-refractivity contribution in [3.8, 4) is 0 Å². The lowest BCUT2D eigenvalue weighted by Gasteiger charge is -2.30. The predicted octanol–water partition coefficient (Wildman–Crippen LogP) is 3.58. The van der Waals surface area contributed by atoms with Gasteiger partial charge in [-0.3, -0.25) is 0 Å². The van der Waals surface area contributed by atoms with E-state index in [4.69, 9.17) is 32.3 Å². The molecule has 0 heterocycles. The Balaban J connectivity index is 4.59. The van der Waals surface area contributed by atoms with Crippen LogP contribution in [0, 0.1) is 0 Å². The van der Waals surface area contributed by atoms with Gasteiger partial charge in [0.15, 0.2) is 0 Å². The van der Waals surface area contributed by atoms with Crippen LogP contribution in [0.5, 0.6) is 0 Å². The molecular formula is C18H43NO6Si2. The summed E-state index contributed by atoms with van der Waals surface area (Å²) in [5, 5.41) is 0. The lowest BCUT2D eigenvalue weighted by atomic mass is 10.1. The molecule has 0 aromatic heterocycles. The predicted molar refractivity (Wildman–Crippen MR) is 113 cm³/mol. The summed E-state index contributed by atoms with van der Waals surface area (Å²) in [5.41, 5.74) is 6.37. The SMILES string of the molecule is CCO[Si](CCCC(N)CC[Si](OCC)(OCC)OCC)(OCC)OCC. The number of hydrogen-bond acceptors (Lipinski definition) is 7. The average Bonchev–Trinajstić information content (AvgIpc) is 2.61. The van der Waals surface area contributed by atoms with E-state index in [2.05, 4.69) is 0 Å². The summed E-state index contributed by atoms with van der Waals surface area (Å²) in [6.07, 6.45) is 2.62. The summed E-state index contributed by atoms with van der Waals surface area (Å²) >= 11 is 0. The normalized spacial score (nSPS) is 13.9. The molecule has 164 valence electrons. The standard InChI is InChI=1S/C18H43NO6Si2/c1-7-20-26(21-8-2,22-9-3)16-13-14-18(19)15-17-27(23-10-4,24-11-5)25-12-6/h18H,7-17,19H2,1-6H3. The van der Waals surface area contributed by atoms with Crippen molar-refractivity contribution < 1.29 is 26.6 Å². The summed E-state index contributed by atoms with van der Waals surface area (Å²) in [6, 6.07) is 1.60. The maximum Gasteiger partial charge on any atom is 0.500 e. The summed E-state index contributed by atoms with van der Waals surface area (Å²) in [4.78, 5) is 0. The fourth-order valence-electron chi connectivity index (χ4n) is 3.09. The van der Waals surface area contributed by atoms with Gasteiger partial charge in [-0.1, -0.05) is 0 Å². The molecule has 0 fully saturated rings. The highest BCUT2D eigenvalue weighted by molar-refractivity contribution is 6.61. The molecule has 0 rings (SSSR count). The van der Waals surface area contributed by atoms with E-state index < -0.39 is 17.6 Å². The van der Waals surface area contributed by atoms with Crippen molar-refractivity contribution >= 4 is 17.6 Å². The van der Waals surface area contributed by atoms with Gasteiger partial charge in [0.1, 0.15) is 0 Å². The van der Waals surface area contributed by atoms with Crippen molar-refractivity contribution in [2.24, 2.45) is 5.73 Å². The lowest BCUT2D eigenvalue weighted by molar-refractivity contribution is 0.0684. The molecule has 27 heavy (non-hydrogen) atoms. The van der Waals surface area contributed by atoms with Crippen LogP contribution in [-0.2, 0) is 26.6 Å². The molecule has 0 radical (unpaired) electrons. The number of rotatable bonds is 19. The summed E-state index contributed by atoms with van der Waals surface area (Å²) < 4.78 is 35.4. The molecular weight excluding hydrogens is 382 g/mol. The van der Waals surface area contributed by atoms with E-state index in [1.54, 1.807) is 0 Å². The third kappa shape index (κ3) is 11.1. The molecule has 2 N–H and O–H groups in total. The maximum atomic E-state index is 6.37. The third-order valence-electron chi connectivity index (χ3n) is 4.06. The Morgan fingerprint density at radius 2 is 0.889 bits per heavy atom. The molecule has 1 unspecified atom stereocenters. The molecule has 0 aromatic rings. The summed E-state index contributed by atoms with van der Waals surface area (Å²) in [6.45, 7) is 15.4. The molecule has 1 atom stereocenters. The highest BCUT2D eigenvalue weighted by Gasteiger charge is 2.41. The van der Waals surface area contributed by atoms with Crippen LogP contribution in [0.4, 0.5) is 0 Å². The van der Waals surface area contributed by atoms with Gasteiger partial charge < -0.3 is 32.3 Å². The Morgan fingerprint density at radius 3 is 1.22 bits per heavy atom. The van der Waals surface area contributed by atoms with E-state index in [-0.39, 0.29) is 6.04 Å². The fraction of sp³-hybridized carbons (Fsp3) is 1.00. The summed E-state index contributed by atoms with van der Waals surface area (Å²) in [7, 11) is -5.20. The topological polar surface area (TPSA) is 81.4 Å². The van der Waals surface area contributed by atoms with Crippen molar-refractivity contribution in [3.05, 3.63) is 0 Å². The first-order valence-corrected chi connectivity index (χ1v) is 14.4. The Labute approximate surface area is 168 Å². The Hall–Kier alpha value is 0.154. The molecule has 0 spiro atoms. The van der Waals surface area contributed by atoms with Crippen LogP contribution in [0.1, 0.15) is 60.8 Å². The smallest absolute Gasteiger partial charge is 0.374 e. The number of nitrogens with two attached hydrogens (primary N) is 1. The minimum absolute atomic E-state index is 0.0647. The van der Waals surface area contributed by atoms with Gasteiger partial charge in [0.25, 0.3) is 0 Å². The summed E-state index contributed by atoms with van der Waals surface area (Å²) in [5.74, 6) is 0. The first kappa shape index (κ1) is 27.2. The first-order chi connectivity index (χ1) is 13.0. The van der Waals surface area contributed by atoms with Gasteiger partial charge in [-0.25, -0.2) is 0 Å². The molecule has 0 aliphatic heterocycles. The van der Waals surface area contributed by atoms with E-state index in [0.29, 0.717) is 39.6 Å². The zero-order valence-corrected chi connectivity index (χ0v) is 20.4. The molecule has 0 bridgehead atoms. The highest BCUT2D eigenvalue weighted by atomic mass is 28.4. The van der Waals surface area contributed by atoms with E-state index in [9.17, 15) is 0 Å². The molecule has 0 aromatic carbocycles. The third-order valence-corrected chi connectivity index (χ3v) is 10.3. The zero-order chi connectivity index (χ0) is 20.6. The Kier molecular flexibility index (Phi) is 16.1. The van der Waals surface area contributed by atoms with Gasteiger partial charge in [-0.05, 0) is 60.8 Å². The van der Waals surface area contributed by atoms with Crippen LogP contribution in [-0.4, -0.2) is 63.3 Å². The Bertz CT molecular complexity index is 318. The first-order valence-electron chi connectivity index (χ1n) is 10.6. The molecule has 0 aliphatic rings. The van der Waals surface area contributed by atoms with Gasteiger partial charge in [0, 0.05) is 57.8 Å². The average molecular weight is 426 g/mol. The molecule has 7 nitrogen and oxygen atoms in total. The van der Waals surface area contributed by atoms with Crippen LogP contribution in [0.15, 0.2) is 0 Å². The van der Waals surface area contributed by atoms with Crippen molar-refractivity contribution in [3.63, 3.8) is 0 Å². The van der Waals surface area contributed by atoms with Gasteiger partial charge in [0.2, 0.25) is 0 Å².